The van der Waals surface area contributed by atoms with Crippen LogP contribution in [0.15, 0.2) is 42.5 Å². The highest BCUT2D eigenvalue weighted by Gasteiger charge is 2.22. The lowest BCUT2D eigenvalue weighted by Crippen LogP contribution is -2.45. The molecule has 1 aliphatic heterocycles. The lowest BCUT2D eigenvalue weighted by molar-refractivity contribution is -0.00521. The Labute approximate surface area is 144 Å². The fraction of sp³-hybridized carbons (Fsp3) is 0.400. The fourth-order valence-corrected chi connectivity index (χ4v) is 3.23. The van der Waals surface area contributed by atoms with Gasteiger partial charge in [0.25, 0.3) is 0 Å². The highest BCUT2D eigenvalue weighted by atomic mass is 16.5. The van der Waals surface area contributed by atoms with Crippen LogP contribution in [0.4, 0.5) is 17.1 Å². The van der Waals surface area contributed by atoms with E-state index >= 15 is 0 Å². The van der Waals surface area contributed by atoms with Gasteiger partial charge >= 0.3 is 0 Å². The molecule has 0 spiro atoms. The van der Waals surface area contributed by atoms with Crippen molar-refractivity contribution in [2.75, 3.05) is 29.0 Å². The first kappa shape index (κ1) is 16.7. The molecule has 4 heteroatoms. The summed E-state index contributed by atoms with van der Waals surface area (Å²) in [4.78, 5) is 2.39. The molecule has 3 rings (SSSR count). The molecule has 0 amide bonds. The van der Waals surface area contributed by atoms with Crippen molar-refractivity contribution < 1.29 is 4.74 Å². The molecule has 1 aliphatic rings. The Balaban J connectivity index is 1.61. The van der Waals surface area contributed by atoms with Gasteiger partial charge in [-0.2, -0.15) is 0 Å². The normalized spacial score (nSPS) is 20.9. The number of benzene rings is 2. The molecule has 0 radical (unpaired) electrons. The summed E-state index contributed by atoms with van der Waals surface area (Å²) in [5.74, 6) is 0. The third kappa shape index (κ3) is 4.01. The minimum atomic E-state index is 0.278. The first-order valence-corrected chi connectivity index (χ1v) is 8.60. The van der Waals surface area contributed by atoms with E-state index in [1.807, 2.05) is 13.0 Å². The van der Waals surface area contributed by atoms with Crippen molar-refractivity contribution in [1.82, 2.24) is 0 Å². The summed E-state index contributed by atoms with van der Waals surface area (Å²) in [5.41, 5.74) is 11.5. The molecule has 0 bridgehead atoms. The monoisotopic (exact) mass is 325 g/mol. The number of nitrogens with two attached hydrogens (primary N) is 1. The largest absolute Gasteiger partial charge is 0.399 e. The van der Waals surface area contributed by atoms with Gasteiger partial charge in [-0.05, 0) is 62.2 Å². The van der Waals surface area contributed by atoms with Crippen molar-refractivity contribution >= 4 is 17.1 Å². The predicted molar refractivity (Wildman–Crippen MR) is 102 cm³/mol. The summed E-state index contributed by atoms with van der Waals surface area (Å²) < 4.78 is 5.80. The molecule has 3 N–H and O–H groups in total. The topological polar surface area (TPSA) is 50.5 Å². The summed E-state index contributed by atoms with van der Waals surface area (Å²) in [6.07, 6.45) is 0.556. The molecule has 0 aliphatic carbocycles. The minimum absolute atomic E-state index is 0.278. The van der Waals surface area contributed by atoms with Crippen LogP contribution in [-0.2, 0) is 11.3 Å². The summed E-state index contributed by atoms with van der Waals surface area (Å²) in [6.45, 7) is 8.99. The highest BCUT2D eigenvalue weighted by molar-refractivity contribution is 5.56. The summed E-state index contributed by atoms with van der Waals surface area (Å²) in [6, 6.07) is 14.8. The second-order valence-electron chi connectivity index (χ2n) is 6.75. The lowest BCUT2D eigenvalue weighted by atomic mass is 10.1. The Kier molecular flexibility index (Phi) is 4.95. The third-order valence-corrected chi connectivity index (χ3v) is 4.48. The van der Waals surface area contributed by atoms with Gasteiger partial charge in [0.1, 0.15) is 0 Å². The molecule has 2 unspecified atom stereocenters. The maximum Gasteiger partial charge on any atom is 0.0726 e. The van der Waals surface area contributed by atoms with Gasteiger partial charge in [-0.3, -0.25) is 0 Å². The lowest BCUT2D eigenvalue weighted by Gasteiger charge is -2.36. The van der Waals surface area contributed by atoms with Gasteiger partial charge < -0.3 is 20.7 Å². The molecule has 2 aromatic rings. The van der Waals surface area contributed by atoms with Crippen molar-refractivity contribution in [2.24, 2.45) is 0 Å². The predicted octanol–water partition coefficient (Wildman–Crippen LogP) is 3.80. The van der Waals surface area contributed by atoms with Gasteiger partial charge in [0, 0.05) is 36.7 Å². The van der Waals surface area contributed by atoms with E-state index in [-0.39, 0.29) is 12.2 Å². The Morgan fingerprint density at radius 3 is 2.38 bits per heavy atom. The molecule has 24 heavy (non-hydrogen) atoms. The second-order valence-corrected chi connectivity index (χ2v) is 6.75. The van der Waals surface area contributed by atoms with Crippen LogP contribution in [0.5, 0.6) is 0 Å². The quantitative estimate of drug-likeness (QED) is 0.840. The zero-order valence-electron chi connectivity index (χ0n) is 14.8. The zero-order chi connectivity index (χ0) is 17.1. The Morgan fingerprint density at radius 2 is 1.75 bits per heavy atom. The minimum Gasteiger partial charge on any atom is -0.399 e. The number of ether oxygens (including phenoxy) is 1. The van der Waals surface area contributed by atoms with E-state index in [4.69, 9.17) is 10.5 Å². The number of morpholine rings is 1. The zero-order valence-corrected chi connectivity index (χ0v) is 14.8. The first-order valence-electron chi connectivity index (χ1n) is 8.60. The van der Waals surface area contributed by atoms with Gasteiger partial charge in [0.15, 0.2) is 0 Å². The Bertz CT molecular complexity index is 674. The van der Waals surface area contributed by atoms with Crippen LogP contribution in [0, 0.1) is 6.92 Å². The number of nitrogens with zero attached hydrogens (tertiary/aromatic N) is 1. The molecule has 2 aromatic carbocycles. The first-order chi connectivity index (χ1) is 11.5. The van der Waals surface area contributed by atoms with Gasteiger partial charge in [0.2, 0.25) is 0 Å². The molecule has 2 atom stereocenters. The van der Waals surface area contributed by atoms with Crippen LogP contribution in [-0.4, -0.2) is 25.3 Å². The molecular weight excluding hydrogens is 298 g/mol. The third-order valence-electron chi connectivity index (χ3n) is 4.48. The molecule has 1 heterocycles. The fourth-order valence-electron chi connectivity index (χ4n) is 3.23. The van der Waals surface area contributed by atoms with E-state index in [0.717, 1.165) is 36.6 Å². The number of nitrogens with one attached hydrogen (secondary N) is 1. The van der Waals surface area contributed by atoms with E-state index in [0.29, 0.717) is 0 Å². The van der Waals surface area contributed by atoms with E-state index in [1.54, 1.807) is 0 Å². The van der Waals surface area contributed by atoms with Crippen LogP contribution in [0.25, 0.3) is 0 Å². The Hall–Kier alpha value is -2.20. The molecule has 0 saturated carbocycles. The second kappa shape index (κ2) is 7.14. The summed E-state index contributed by atoms with van der Waals surface area (Å²) in [7, 11) is 0. The SMILES string of the molecule is Cc1cc(CNc2ccc(N3CC(C)OC(C)C3)cc2)ccc1N. The smallest absolute Gasteiger partial charge is 0.0726 e. The van der Waals surface area contributed by atoms with E-state index in [2.05, 4.69) is 60.5 Å². The van der Waals surface area contributed by atoms with E-state index < -0.39 is 0 Å². The van der Waals surface area contributed by atoms with Crippen molar-refractivity contribution in [3.05, 3.63) is 53.6 Å². The standard InChI is InChI=1S/C20H27N3O/c1-14-10-17(4-9-20(14)21)11-22-18-5-7-19(8-6-18)23-12-15(2)24-16(3)13-23/h4-10,15-16,22H,11-13,21H2,1-3H3. The number of rotatable bonds is 4. The van der Waals surface area contributed by atoms with Gasteiger partial charge in [-0.25, -0.2) is 0 Å². The number of aryl methyl sites for hydroxylation is 1. The van der Waals surface area contributed by atoms with Crippen LogP contribution >= 0.6 is 0 Å². The highest BCUT2D eigenvalue weighted by Crippen LogP contribution is 2.23. The maximum atomic E-state index is 5.87. The van der Waals surface area contributed by atoms with Crippen molar-refractivity contribution in [2.45, 2.75) is 39.5 Å². The van der Waals surface area contributed by atoms with Crippen molar-refractivity contribution in [3.63, 3.8) is 0 Å². The average molecular weight is 325 g/mol. The average Bonchev–Trinajstić information content (AvgIpc) is 2.55. The van der Waals surface area contributed by atoms with Crippen LogP contribution in [0.2, 0.25) is 0 Å². The summed E-state index contributed by atoms with van der Waals surface area (Å²) in [5, 5.41) is 3.47. The molecule has 0 aromatic heterocycles. The number of anilines is 3. The van der Waals surface area contributed by atoms with Crippen LogP contribution in [0.1, 0.15) is 25.0 Å². The van der Waals surface area contributed by atoms with Crippen molar-refractivity contribution in [3.8, 4) is 0 Å². The number of nitrogen functional groups attached to an aromatic ring is 1. The number of hydrogen-bond donors (Lipinski definition) is 2. The number of hydrogen-bond acceptors (Lipinski definition) is 4. The molecule has 4 nitrogen and oxygen atoms in total. The molecule has 1 fully saturated rings. The van der Waals surface area contributed by atoms with E-state index in [9.17, 15) is 0 Å². The summed E-state index contributed by atoms with van der Waals surface area (Å²) >= 11 is 0. The molecular formula is C20H27N3O. The van der Waals surface area contributed by atoms with Crippen LogP contribution in [0.3, 0.4) is 0 Å². The van der Waals surface area contributed by atoms with Gasteiger partial charge in [-0.15, -0.1) is 0 Å². The molecule has 1 saturated heterocycles. The Morgan fingerprint density at radius 1 is 1.08 bits per heavy atom. The maximum absolute atomic E-state index is 5.87. The molecule has 128 valence electrons. The van der Waals surface area contributed by atoms with Crippen LogP contribution < -0.4 is 16.0 Å². The van der Waals surface area contributed by atoms with Crippen molar-refractivity contribution in [1.29, 1.82) is 0 Å². The van der Waals surface area contributed by atoms with E-state index in [1.165, 1.54) is 11.3 Å². The van der Waals surface area contributed by atoms with Gasteiger partial charge in [-0.1, -0.05) is 12.1 Å². The van der Waals surface area contributed by atoms with Gasteiger partial charge in [0.05, 0.1) is 12.2 Å².